The molecule has 5 heteroatoms. The van der Waals surface area contributed by atoms with Gasteiger partial charge >= 0.3 is 0 Å². The topological polar surface area (TPSA) is 74.8 Å². The molecule has 0 saturated heterocycles. The standard InChI is InChI=1S/C26H25N3O2/c30-25(16-15-24-28-23-14-8-7-13-22(23)26(31)29-24)27-18-17-21(19-9-3-1-4-10-19)20-11-5-2-6-12-20/h1-14,21H,15-18H2,(H,27,30)(H,28,29,31). The van der Waals surface area contributed by atoms with Crippen molar-refractivity contribution in [1.29, 1.82) is 0 Å². The van der Waals surface area contributed by atoms with Crippen LogP contribution in [0.25, 0.3) is 10.9 Å². The summed E-state index contributed by atoms with van der Waals surface area (Å²) >= 11 is 0. The SMILES string of the molecule is O=C(CCc1nc2ccccc2c(=O)[nH]1)NCCC(c1ccccc1)c1ccccc1. The molecule has 3 aromatic carbocycles. The molecule has 0 atom stereocenters. The van der Waals surface area contributed by atoms with Crippen LogP contribution in [0.2, 0.25) is 0 Å². The molecule has 0 aliphatic heterocycles. The Morgan fingerprint density at radius 1 is 0.871 bits per heavy atom. The van der Waals surface area contributed by atoms with Crippen molar-refractivity contribution in [2.45, 2.75) is 25.2 Å². The number of benzene rings is 3. The summed E-state index contributed by atoms with van der Waals surface area (Å²) in [4.78, 5) is 31.8. The van der Waals surface area contributed by atoms with Gasteiger partial charge in [-0.3, -0.25) is 9.59 Å². The summed E-state index contributed by atoms with van der Waals surface area (Å²) in [5, 5.41) is 3.57. The molecule has 4 aromatic rings. The summed E-state index contributed by atoms with van der Waals surface area (Å²) in [7, 11) is 0. The quantitative estimate of drug-likeness (QED) is 0.456. The smallest absolute Gasteiger partial charge is 0.258 e. The van der Waals surface area contributed by atoms with E-state index >= 15 is 0 Å². The van der Waals surface area contributed by atoms with Crippen molar-refractivity contribution in [3.8, 4) is 0 Å². The Morgan fingerprint density at radius 2 is 1.48 bits per heavy atom. The number of nitrogens with one attached hydrogen (secondary N) is 2. The van der Waals surface area contributed by atoms with Gasteiger partial charge in [0.15, 0.2) is 0 Å². The molecule has 0 fully saturated rings. The number of hydrogen-bond acceptors (Lipinski definition) is 3. The van der Waals surface area contributed by atoms with Crippen LogP contribution in [0.3, 0.4) is 0 Å². The van der Waals surface area contributed by atoms with Gasteiger partial charge in [0.2, 0.25) is 5.91 Å². The normalized spacial score (nSPS) is 11.0. The van der Waals surface area contributed by atoms with E-state index in [0.717, 1.165) is 6.42 Å². The van der Waals surface area contributed by atoms with Gasteiger partial charge in [-0.05, 0) is 29.7 Å². The number of nitrogens with zero attached hydrogens (tertiary/aromatic N) is 1. The van der Waals surface area contributed by atoms with Crippen LogP contribution in [0.15, 0.2) is 89.7 Å². The number of H-pyrrole nitrogens is 1. The van der Waals surface area contributed by atoms with Gasteiger partial charge in [0.25, 0.3) is 5.56 Å². The molecule has 0 bridgehead atoms. The molecule has 4 rings (SSSR count). The third-order valence-corrected chi connectivity index (χ3v) is 5.41. The zero-order valence-corrected chi connectivity index (χ0v) is 17.3. The summed E-state index contributed by atoms with van der Waals surface area (Å²) in [6, 6.07) is 27.9. The van der Waals surface area contributed by atoms with Crippen molar-refractivity contribution in [2.24, 2.45) is 0 Å². The van der Waals surface area contributed by atoms with Crippen molar-refractivity contribution in [3.63, 3.8) is 0 Å². The highest BCUT2D eigenvalue weighted by Crippen LogP contribution is 2.27. The number of rotatable bonds is 8. The minimum atomic E-state index is -0.172. The molecule has 0 saturated carbocycles. The first-order chi connectivity index (χ1) is 15.2. The molecule has 1 amide bonds. The van der Waals surface area contributed by atoms with E-state index in [0.29, 0.717) is 29.7 Å². The third kappa shape index (κ3) is 5.25. The lowest BCUT2D eigenvalue weighted by molar-refractivity contribution is -0.121. The Morgan fingerprint density at radius 3 is 2.16 bits per heavy atom. The Balaban J connectivity index is 1.34. The lowest BCUT2D eigenvalue weighted by Gasteiger charge is -2.18. The van der Waals surface area contributed by atoms with Crippen molar-refractivity contribution in [3.05, 3.63) is 112 Å². The molecular weight excluding hydrogens is 386 g/mol. The Kier molecular flexibility index (Phi) is 6.53. The van der Waals surface area contributed by atoms with Gasteiger partial charge in [0.1, 0.15) is 5.82 Å². The monoisotopic (exact) mass is 411 g/mol. The molecule has 31 heavy (non-hydrogen) atoms. The van der Waals surface area contributed by atoms with Crippen LogP contribution in [0.4, 0.5) is 0 Å². The number of aryl methyl sites for hydroxylation is 1. The minimum absolute atomic E-state index is 0.0457. The second-order valence-electron chi connectivity index (χ2n) is 7.54. The highest BCUT2D eigenvalue weighted by molar-refractivity contribution is 5.78. The fraction of sp³-hybridized carbons (Fsp3) is 0.192. The van der Waals surface area contributed by atoms with E-state index in [2.05, 4.69) is 39.6 Å². The summed E-state index contributed by atoms with van der Waals surface area (Å²) in [6.45, 7) is 0.578. The molecule has 1 aromatic heterocycles. The Bertz CT molecular complexity index is 1160. The number of carbonyl (C=O) groups excluding carboxylic acids is 1. The lowest BCUT2D eigenvalue weighted by Crippen LogP contribution is -2.26. The Hall–Kier alpha value is -3.73. The molecule has 0 aliphatic rings. The first-order valence-corrected chi connectivity index (χ1v) is 10.6. The van der Waals surface area contributed by atoms with Gasteiger partial charge in [0.05, 0.1) is 10.9 Å². The fourth-order valence-electron chi connectivity index (χ4n) is 3.83. The molecule has 0 unspecified atom stereocenters. The van der Waals surface area contributed by atoms with Crippen molar-refractivity contribution < 1.29 is 4.79 Å². The largest absolute Gasteiger partial charge is 0.356 e. The molecule has 2 N–H and O–H groups in total. The van der Waals surface area contributed by atoms with E-state index in [1.165, 1.54) is 11.1 Å². The number of aromatic amines is 1. The van der Waals surface area contributed by atoms with Crippen molar-refractivity contribution in [2.75, 3.05) is 6.54 Å². The summed E-state index contributed by atoms with van der Waals surface area (Å²) < 4.78 is 0. The van der Waals surface area contributed by atoms with Crippen molar-refractivity contribution in [1.82, 2.24) is 15.3 Å². The zero-order valence-electron chi connectivity index (χ0n) is 17.3. The maximum atomic E-state index is 12.4. The first kappa shape index (κ1) is 20.5. The predicted molar refractivity (Wildman–Crippen MR) is 123 cm³/mol. The number of fused-ring (bicyclic) bond motifs is 1. The molecule has 5 nitrogen and oxygen atoms in total. The van der Waals surface area contributed by atoms with Gasteiger partial charge < -0.3 is 10.3 Å². The van der Waals surface area contributed by atoms with E-state index in [1.54, 1.807) is 12.1 Å². The average Bonchev–Trinajstić information content (AvgIpc) is 2.82. The average molecular weight is 412 g/mol. The fourth-order valence-corrected chi connectivity index (χ4v) is 3.83. The minimum Gasteiger partial charge on any atom is -0.356 e. The van der Waals surface area contributed by atoms with Gasteiger partial charge in [-0.1, -0.05) is 72.8 Å². The summed E-state index contributed by atoms with van der Waals surface area (Å²) in [5.74, 6) is 0.710. The van der Waals surface area contributed by atoms with Gasteiger partial charge in [-0.15, -0.1) is 0 Å². The maximum Gasteiger partial charge on any atom is 0.258 e. The summed E-state index contributed by atoms with van der Waals surface area (Å²) in [5.41, 5.74) is 2.95. The van der Waals surface area contributed by atoms with Crippen LogP contribution < -0.4 is 10.9 Å². The van der Waals surface area contributed by atoms with E-state index < -0.39 is 0 Å². The van der Waals surface area contributed by atoms with Crippen molar-refractivity contribution >= 4 is 16.8 Å². The number of hydrogen-bond donors (Lipinski definition) is 2. The maximum absolute atomic E-state index is 12.4. The molecule has 0 spiro atoms. The van der Waals surface area contributed by atoms with Gasteiger partial charge in [-0.2, -0.15) is 0 Å². The van der Waals surface area contributed by atoms with Crippen LogP contribution in [0.5, 0.6) is 0 Å². The molecular formula is C26H25N3O2. The van der Waals surface area contributed by atoms with Crippen LogP contribution in [-0.2, 0) is 11.2 Å². The van der Waals surface area contributed by atoms with Crippen LogP contribution in [-0.4, -0.2) is 22.4 Å². The number of carbonyl (C=O) groups is 1. The van der Waals surface area contributed by atoms with Crippen LogP contribution in [0.1, 0.15) is 35.7 Å². The van der Waals surface area contributed by atoms with Gasteiger partial charge in [-0.25, -0.2) is 4.98 Å². The molecule has 1 heterocycles. The second-order valence-corrected chi connectivity index (χ2v) is 7.54. The van der Waals surface area contributed by atoms with E-state index in [9.17, 15) is 9.59 Å². The van der Waals surface area contributed by atoms with E-state index in [1.807, 2.05) is 48.5 Å². The number of aromatic nitrogens is 2. The lowest BCUT2D eigenvalue weighted by atomic mass is 9.88. The van der Waals surface area contributed by atoms with Gasteiger partial charge in [0, 0.05) is 25.3 Å². The highest BCUT2D eigenvalue weighted by atomic mass is 16.1. The third-order valence-electron chi connectivity index (χ3n) is 5.41. The highest BCUT2D eigenvalue weighted by Gasteiger charge is 2.14. The molecule has 0 aliphatic carbocycles. The second kappa shape index (κ2) is 9.85. The van der Waals surface area contributed by atoms with E-state index in [4.69, 9.17) is 0 Å². The number of para-hydroxylation sites is 1. The summed E-state index contributed by atoms with van der Waals surface area (Å²) in [6.07, 6.45) is 1.49. The number of amides is 1. The molecule has 0 radical (unpaired) electrons. The predicted octanol–water partition coefficient (Wildman–Crippen LogP) is 4.19. The van der Waals surface area contributed by atoms with E-state index in [-0.39, 0.29) is 23.8 Å². The van der Waals surface area contributed by atoms with Crippen LogP contribution >= 0.6 is 0 Å². The Labute approximate surface area is 181 Å². The molecule has 156 valence electrons. The van der Waals surface area contributed by atoms with Crippen LogP contribution in [0, 0.1) is 0 Å². The first-order valence-electron chi connectivity index (χ1n) is 10.6. The zero-order chi connectivity index (χ0) is 21.5.